The van der Waals surface area contributed by atoms with Crippen LogP contribution >= 0.6 is 0 Å². The first kappa shape index (κ1) is 10.1. The topological polar surface area (TPSA) is 74.2 Å². The Bertz CT molecular complexity index is 270. The molecule has 0 amide bonds. The van der Waals surface area contributed by atoms with Crippen LogP contribution in [0.2, 0.25) is 0 Å². The zero-order chi connectivity index (χ0) is 9.90. The van der Waals surface area contributed by atoms with Crippen LogP contribution in [0.1, 0.15) is 25.6 Å². The molecule has 1 rings (SSSR count). The van der Waals surface area contributed by atoms with Gasteiger partial charge >= 0.3 is 0 Å². The van der Waals surface area contributed by atoms with E-state index in [1.165, 1.54) is 0 Å². The Hall–Kier alpha value is -0.940. The zero-order valence-electron chi connectivity index (χ0n) is 8.20. The van der Waals surface area contributed by atoms with Crippen LogP contribution in [0.15, 0.2) is 4.52 Å². The lowest BCUT2D eigenvalue weighted by Crippen LogP contribution is -2.28. The van der Waals surface area contributed by atoms with Crippen LogP contribution in [0.3, 0.4) is 0 Å². The molecule has 5 heteroatoms. The van der Waals surface area contributed by atoms with Crippen molar-refractivity contribution < 1.29 is 9.26 Å². The number of methoxy groups -OCH3 is 1. The Morgan fingerprint density at radius 3 is 2.77 bits per heavy atom. The van der Waals surface area contributed by atoms with Crippen LogP contribution in [0, 0.1) is 0 Å². The highest BCUT2D eigenvalue weighted by Crippen LogP contribution is 2.19. The van der Waals surface area contributed by atoms with Gasteiger partial charge in [0.25, 0.3) is 0 Å². The highest BCUT2D eigenvalue weighted by Gasteiger charge is 2.25. The van der Waals surface area contributed by atoms with Crippen molar-refractivity contribution in [3.8, 4) is 0 Å². The summed E-state index contributed by atoms with van der Waals surface area (Å²) in [5.74, 6) is 1.11. The quantitative estimate of drug-likeness (QED) is 0.737. The summed E-state index contributed by atoms with van der Waals surface area (Å²) in [7, 11) is 1.59. The lowest BCUT2D eigenvalue weighted by atomic mass is 9.94. The van der Waals surface area contributed by atoms with Gasteiger partial charge in [-0.1, -0.05) is 5.16 Å². The molecule has 0 unspecified atom stereocenters. The van der Waals surface area contributed by atoms with Gasteiger partial charge in [0.2, 0.25) is 5.89 Å². The molecule has 0 bridgehead atoms. The van der Waals surface area contributed by atoms with Crippen molar-refractivity contribution in [2.45, 2.75) is 25.9 Å². The van der Waals surface area contributed by atoms with Crippen molar-refractivity contribution in [3.05, 3.63) is 11.7 Å². The van der Waals surface area contributed by atoms with Gasteiger partial charge in [-0.05, 0) is 13.8 Å². The Morgan fingerprint density at radius 1 is 1.54 bits per heavy atom. The maximum Gasteiger partial charge on any atom is 0.233 e. The van der Waals surface area contributed by atoms with E-state index in [1.807, 2.05) is 13.8 Å². The molecule has 0 spiro atoms. The molecule has 0 saturated carbocycles. The third-order valence-corrected chi connectivity index (χ3v) is 1.83. The molecule has 74 valence electrons. The maximum atomic E-state index is 5.56. The molecule has 2 N–H and O–H groups in total. The predicted octanol–water partition coefficient (Wildman–Crippen LogP) is 0.452. The molecule has 13 heavy (non-hydrogen) atoms. The molecule has 0 atom stereocenters. The summed E-state index contributed by atoms with van der Waals surface area (Å²) in [4.78, 5) is 4.16. The summed E-state index contributed by atoms with van der Waals surface area (Å²) in [6.07, 6.45) is 0. The maximum absolute atomic E-state index is 5.56. The van der Waals surface area contributed by atoms with Crippen LogP contribution in [0.4, 0.5) is 0 Å². The number of nitrogens with two attached hydrogens (primary N) is 1. The number of hydrogen-bond donors (Lipinski definition) is 1. The lowest BCUT2D eigenvalue weighted by Gasteiger charge is -2.15. The fraction of sp³-hybridized carbons (Fsp3) is 0.750. The van der Waals surface area contributed by atoms with Crippen molar-refractivity contribution in [1.29, 1.82) is 0 Å². The van der Waals surface area contributed by atoms with E-state index in [9.17, 15) is 0 Å². The van der Waals surface area contributed by atoms with E-state index in [1.54, 1.807) is 7.11 Å². The Balaban J connectivity index is 2.79. The fourth-order valence-corrected chi connectivity index (χ4v) is 0.804. The second-order valence-corrected chi connectivity index (χ2v) is 3.54. The minimum Gasteiger partial charge on any atom is -0.377 e. The first-order valence-electron chi connectivity index (χ1n) is 4.12. The van der Waals surface area contributed by atoms with Crippen LogP contribution in [0.25, 0.3) is 0 Å². The Morgan fingerprint density at radius 2 is 2.23 bits per heavy atom. The van der Waals surface area contributed by atoms with E-state index in [2.05, 4.69) is 10.1 Å². The average molecular weight is 185 g/mol. The molecule has 0 saturated heterocycles. The molecule has 0 fully saturated rings. The van der Waals surface area contributed by atoms with Crippen molar-refractivity contribution in [1.82, 2.24) is 10.1 Å². The SMILES string of the molecule is COCc1noc(C(C)(C)CN)n1. The summed E-state index contributed by atoms with van der Waals surface area (Å²) in [6, 6.07) is 0. The van der Waals surface area contributed by atoms with Gasteiger partial charge in [0.05, 0.1) is 5.41 Å². The Kier molecular flexibility index (Phi) is 3.00. The smallest absolute Gasteiger partial charge is 0.233 e. The van der Waals surface area contributed by atoms with Gasteiger partial charge in [-0.25, -0.2) is 0 Å². The highest BCUT2D eigenvalue weighted by atomic mass is 16.5. The van der Waals surface area contributed by atoms with E-state index in [0.717, 1.165) is 0 Å². The average Bonchev–Trinajstić information content (AvgIpc) is 2.54. The molecule has 0 aliphatic carbocycles. The number of nitrogens with zero attached hydrogens (tertiary/aromatic N) is 2. The summed E-state index contributed by atoms with van der Waals surface area (Å²) in [5, 5.41) is 3.75. The van der Waals surface area contributed by atoms with Gasteiger partial charge in [-0.2, -0.15) is 4.98 Å². The number of ether oxygens (including phenoxy) is 1. The van der Waals surface area contributed by atoms with E-state index >= 15 is 0 Å². The molecule has 1 aromatic heterocycles. The summed E-state index contributed by atoms with van der Waals surface area (Å²) in [5.41, 5.74) is 5.30. The van der Waals surface area contributed by atoms with E-state index in [0.29, 0.717) is 24.9 Å². The predicted molar refractivity (Wildman–Crippen MR) is 47.1 cm³/mol. The summed E-state index contributed by atoms with van der Waals surface area (Å²) >= 11 is 0. The molecular weight excluding hydrogens is 170 g/mol. The monoisotopic (exact) mass is 185 g/mol. The minimum absolute atomic E-state index is 0.265. The molecular formula is C8H15N3O2. The minimum atomic E-state index is -0.265. The molecule has 0 aromatic carbocycles. The third-order valence-electron chi connectivity index (χ3n) is 1.83. The van der Waals surface area contributed by atoms with Crippen LogP contribution in [0.5, 0.6) is 0 Å². The van der Waals surface area contributed by atoms with E-state index in [4.69, 9.17) is 15.0 Å². The van der Waals surface area contributed by atoms with Crippen LogP contribution < -0.4 is 5.73 Å². The van der Waals surface area contributed by atoms with Gasteiger partial charge in [-0.15, -0.1) is 0 Å². The van der Waals surface area contributed by atoms with Crippen LogP contribution in [-0.4, -0.2) is 23.8 Å². The first-order chi connectivity index (χ1) is 6.10. The summed E-state index contributed by atoms with van der Waals surface area (Å²) in [6.45, 7) is 4.75. The number of rotatable bonds is 4. The van der Waals surface area contributed by atoms with Crippen molar-refractivity contribution in [3.63, 3.8) is 0 Å². The van der Waals surface area contributed by atoms with E-state index in [-0.39, 0.29) is 5.41 Å². The van der Waals surface area contributed by atoms with Gasteiger partial charge in [-0.3, -0.25) is 0 Å². The van der Waals surface area contributed by atoms with Crippen molar-refractivity contribution in [2.24, 2.45) is 5.73 Å². The second-order valence-electron chi connectivity index (χ2n) is 3.54. The first-order valence-corrected chi connectivity index (χ1v) is 4.12. The summed E-state index contributed by atoms with van der Waals surface area (Å²) < 4.78 is 9.92. The van der Waals surface area contributed by atoms with Gasteiger partial charge in [0.1, 0.15) is 6.61 Å². The molecule has 1 aromatic rings. The van der Waals surface area contributed by atoms with Gasteiger partial charge in [0.15, 0.2) is 5.82 Å². The van der Waals surface area contributed by atoms with Gasteiger partial charge in [0, 0.05) is 13.7 Å². The molecule has 0 aliphatic heterocycles. The third kappa shape index (κ3) is 2.26. The number of aromatic nitrogens is 2. The lowest BCUT2D eigenvalue weighted by molar-refractivity contribution is 0.174. The fourth-order valence-electron chi connectivity index (χ4n) is 0.804. The molecule has 0 radical (unpaired) electrons. The standard InChI is InChI=1S/C8H15N3O2/c1-8(2,5-9)7-10-6(4-12-3)11-13-7/h4-5,9H2,1-3H3. The van der Waals surface area contributed by atoms with Crippen LogP contribution in [-0.2, 0) is 16.8 Å². The highest BCUT2D eigenvalue weighted by molar-refractivity contribution is 5.00. The number of hydrogen-bond acceptors (Lipinski definition) is 5. The molecule has 1 heterocycles. The normalized spacial score (nSPS) is 12.0. The van der Waals surface area contributed by atoms with Crippen molar-refractivity contribution >= 4 is 0 Å². The van der Waals surface area contributed by atoms with Gasteiger partial charge < -0.3 is 15.0 Å². The van der Waals surface area contributed by atoms with Crippen molar-refractivity contribution in [2.75, 3.05) is 13.7 Å². The Labute approximate surface area is 77.3 Å². The molecule has 0 aliphatic rings. The second kappa shape index (κ2) is 3.85. The zero-order valence-corrected chi connectivity index (χ0v) is 8.20. The molecule has 5 nitrogen and oxygen atoms in total. The van der Waals surface area contributed by atoms with E-state index < -0.39 is 0 Å². The largest absolute Gasteiger partial charge is 0.377 e.